The number of carbonyl (C=O) groups excluding carboxylic acids is 1. The molecule has 0 fully saturated rings. The first kappa shape index (κ1) is 21.4. The molecule has 0 amide bonds. The smallest absolute Gasteiger partial charge is 0.202 e. The monoisotopic (exact) mass is 416 g/mol. The molecular weight excluding hydrogens is 384 g/mol. The second-order valence-corrected chi connectivity index (χ2v) is 9.28. The van der Waals surface area contributed by atoms with E-state index in [1.807, 2.05) is 26.0 Å². The summed E-state index contributed by atoms with van der Waals surface area (Å²) in [7, 11) is 0. The van der Waals surface area contributed by atoms with Gasteiger partial charge >= 0.3 is 0 Å². The molecule has 4 heteroatoms. The van der Waals surface area contributed by atoms with Crippen molar-refractivity contribution in [3.05, 3.63) is 75.9 Å². The van der Waals surface area contributed by atoms with Crippen LogP contribution < -0.4 is 4.90 Å². The van der Waals surface area contributed by atoms with Crippen LogP contribution in [0, 0.1) is 0 Å². The van der Waals surface area contributed by atoms with E-state index in [9.17, 15) is 9.90 Å². The number of aliphatic hydroxyl groups is 1. The molecule has 1 aliphatic carbocycles. The standard InChI is InChI=1S/C27H32N2O2/c1-6-7-8-11-14-29-21-13-10-9-12-20(21)27(4,5)22(29)16-19-25(30)23(26(19)31)24-17(2)15-18(3)28-24/h9-10,12-13,15-16,30H,6-8,11,14H2,1-5H3/b22-16-,24-23+. The van der Waals surface area contributed by atoms with Gasteiger partial charge < -0.3 is 10.0 Å². The summed E-state index contributed by atoms with van der Waals surface area (Å²) in [6, 6.07) is 8.47. The van der Waals surface area contributed by atoms with Crippen molar-refractivity contribution in [2.45, 2.75) is 65.7 Å². The highest BCUT2D eigenvalue weighted by molar-refractivity contribution is 6.22. The molecule has 0 atom stereocenters. The van der Waals surface area contributed by atoms with Crippen LogP contribution in [-0.4, -0.2) is 23.1 Å². The average Bonchev–Trinajstić information content (AvgIpc) is 3.16. The zero-order valence-corrected chi connectivity index (χ0v) is 19.2. The molecule has 2 aliphatic heterocycles. The van der Waals surface area contributed by atoms with Crippen LogP contribution in [0.25, 0.3) is 0 Å². The van der Waals surface area contributed by atoms with Crippen LogP contribution in [0.15, 0.2) is 75.3 Å². The highest BCUT2D eigenvalue weighted by atomic mass is 16.3. The van der Waals surface area contributed by atoms with Crippen LogP contribution in [0.4, 0.5) is 5.69 Å². The van der Waals surface area contributed by atoms with Gasteiger partial charge in [0.15, 0.2) is 0 Å². The summed E-state index contributed by atoms with van der Waals surface area (Å²) in [6.45, 7) is 11.3. The molecule has 2 heterocycles. The van der Waals surface area contributed by atoms with E-state index in [0.29, 0.717) is 16.8 Å². The van der Waals surface area contributed by atoms with Crippen LogP contribution in [0.1, 0.15) is 65.9 Å². The van der Waals surface area contributed by atoms with Gasteiger partial charge in [-0.2, -0.15) is 0 Å². The zero-order valence-electron chi connectivity index (χ0n) is 19.2. The molecule has 0 bridgehead atoms. The summed E-state index contributed by atoms with van der Waals surface area (Å²) in [5.41, 5.74) is 6.42. The van der Waals surface area contributed by atoms with Crippen molar-refractivity contribution in [3.8, 4) is 0 Å². The fourth-order valence-corrected chi connectivity index (χ4v) is 4.88. The van der Waals surface area contributed by atoms with E-state index in [4.69, 9.17) is 0 Å². The molecule has 1 aromatic rings. The van der Waals surface area contributed by atoms with Gasteiger partial charge in [-0.3, -0.25) is 9.79 Å². The number of anilines is 1. The topological polar surface area (TPSA) is 52.9 Å². The van der Waals surface area contributed by atoms with Crippen molar-refractivity contribution in [2.75, 3.05) is 11.4 Å². The highest BCUT2D eigenvalue weighted by Gasteiger charge is 2.43. The minimum Gasteiger partial charge on any atom is -0.506 e. The summed E-state index contributed by atoms with van der Waals surface area (Å²) < 4.78 is 0. The van der Waals surface area contributed by atoms with Crippen molar-refractivity contribution in [2.24, 2.45) is 4.99 Å². The van der Waals surface area contributed by atoms with Crippen molar-refractivity contribution < 1.29 is 9.90 Å². The minimum atomic E-state index is -0.240. The Morgan fingerprint density at radius 1 is 1.13 bits per heavy atom. The van der Waals surface area contributed by atoms with Crippen LogP contribution >= 0.6 is 0 Å². The van der Waals surface area contributed by atoms with Gasteiger partial charge in [-0.1, -0.05) is 58.2 Å². The second-order valence-electron chi connectivity index (χ2n) is 9.28. The van der Waals surface area contributed by atoms with Gasteiger partial charge in [0.2, 0.25) is 5.78 Å². The number of aliphatic hydroxyl groups excluding tert-OH is 1. The molecule has 0 aromatic heterocycles. The number of nitrogens with zero attached hydrogens (tertiary/aromatic N) is 2. The van der Waals surface area contributed by atoms with Crippen LogP contribution in [-0.2, 0) is 10.2 Å². The molecule has 1 N–H and O–H groups in total. The number of ketones is 1. The lowest BCUT2D eigenvalue weighted by atomic mass is 9.80. The first-order valence-electron chi connectivity index (χ1n) is 11.3. The largest absolute Gasteiger partial charge is 0.506 e. The van der Waals surface area contributed by atoms with Crippen molar-refractivity contribution in [1.29, 1.82) is 0 Å². The number of hydrogen-bond donors (Lipinski definition) is 1. The number of rotatable bonds is 6. The van der Waals surface area contributed by atoms with Gasteiger partial charge in [0.25, 0.3) is 0 Å². The fourth-order valence-electron chi connectivity index (χ4n) is 4.88. The lowest BCUT2D eigenvalue weighted by Crippen LogP contribution is -2.30. The lowest BCUT2D eigenvalue weighted by molar-refractivity contribution is -0.113. The van der Waals surface area contributed by atoms with Gasteiger partial charge in [-0.25, -0.2) is 0 Å². The van der Waals surface area contributed by atoms with Gasteiger partial charge in [-0.15, -0.1) is 0 Å². The Hall–Kier alpha value is -2.88. The van der Waals surface area contributed by atoms with E-state index < -0.39 is 0 Å². The Morgan fingerprint density at radius 2 is 1.87 bits per heavy atom. The molecule has 1 aromatic carbocycles. The maximum absolute atomic E-state index is 13.1. The van der Waals surface area contributed by atoms with Crippen molar-refractivity contribution in [3.63, 3.8) is 0 Å². The third kappa shape index (κ3) is 3.48. The third-order valence-electron chi connectivity index (χ3n) is 6.60. The Morgan fingerprint density at radius 3 is 2.52 bits per heavy atom. The van der Waals surface area contributed by atoms with E-state index in [2.05, 4.69) is 54.9 Å². The second kappa shape index (κ2) is 7.99. The Bertz CT molecular complexity index is 1100. The molecule has 0 unspecified atom stereocenters. The number of aliphatic imine (C=N–C) groups is 1. The molecule has 31 heavy (non-hydrogen) atoms. The van der Waals surface area contributed by atoms with Gasteiger partial charge in [-0.05, 0) is 49.6 Å². The normalized spacial score (nSPS) is 23.3. The van der Waals surface area contributed by atoms with Crippen LogP contribution in [0.3, 0.4) is 0 Å². The Balaban J connectivity index is 1.74. The molecule has 0 radical (unpaired) electrons. The number of Topliss-reactive ketones (excluding diaryl/α,β-unsaturated/α-hetero) is 1. The molecule has 0 saturated heterocycles. The summed E-state index contributed by atoms with van der Waals surface area (Å²) in [4.78, 5) is 19.8. The van der Waals surface area contributed by atoms with Crippen LogP contribution in [0.5, 0.6) is 0 Å². The number of fused-ring (bicyclic) bond motifs is 1. The SMILES string of the molecule is CCCCCCN1/C(=C\C2=C(O)C(=C3\N=C(C)C=C3C)/C2=O)C(C)(C)c2ccccc21. The van der Waals surface area contributed by atoms with Gasteiger partial charge in [0.1, 0.15) is 5.76 Å². The van der Waals surface area contributed by atoms with E-state index in [-0.39, 0.29) is 17.0 Å². The summed E-state index contributed by atoms with van der Waals surface area (Å²) in [5, 5.41) is 10.8. The molecular formula is C27H32N2O2. The first-order valence-corrected chi connectivity index (χ1v) is 11.3. The number of benzene rings is 1. The molecule has 162 valence electrons. The first-order chi connectivity index (χ1) is 14.8. The van der Waals surface area contributed by atoms with Gasteiger partial charge in [0.05, 0.1) is 16.8 Å². The Kier molecular flexibility index (Phi) is 5.50. The molecule has 0 saturated carbocycles. The summed E-state index contributed by atoms with van der Waals surface area (Å²) in [5.74, 6) is -0.0553. The van der Waals surface area contributed by atoms with E-state index in [0.717, 1.165) is 29.9 Å². The molecule has 4 nitrogen and oxygen atoms in total. The van der Waals surface area contributed by atoms with Crippen molar-refractivity contribution in [1.82, 2.24) is 0 Å². The Labute approximate surface area is 185 Å². The number of carbonyl (C=O) groups is 1. The lowest BCUT2D eigenvalue weighted by Gasteiger charge is -2.29. The number of unbranched alkanes of at least 4 members (excludes halogenated alkanes) is 3. The third-order valence-corrected chi connectivity index (χ3v) is 6.60. The molecule has 4 rings (SSSR count). The average molecular weight is 417 g/mol. The number of para-hydroxylation sites is 1. The fraction of sp³-hybridized carbons (Fsp3) is 0.407. The van der Waals surface area contributed by atoms with E-state index in [1.54, 1.807) is 0 Å². The molecule has 0 spiro atoms. The zero-order chi connectivity index (χ0) is 22.3. The van der Waals surface area contributed by atoms with E-state index in [1.165, 1.54) is 30.5 Å². The van der Waals surface area contributed by atoms with E-state index >= 15 is 0 Å². The predicted molar refractivity (Wildman–Crippen MR) is 128 cm³/mol. The summed E-state index contributed by atoms with van der Waals surface area (Å²) >= 11 is 0. The van der Waals surface area contributed by atoms with Crippen LogP contribution in [0.2, 0.25) is 0 Å². The number of hydrogen-bond acceptors (Lipinski definition) is 4. The predicted octanol–water partition coefficient (Wildman–Crippen LogP) is 6.32. The maximum atomic E-state index is 13.1. The molecule has 3 aliphatic rings. The minimum absolute atomic E-state index is 0.0661. The number of allylic oxidation sites excluding steroid dienone is 6. The van der Waals surface area contributed by atoms with Gasteiger partial charge in [0, 0.05) is 29.1 Å². The highest BCUT2D eigenvalue weighted by Crippen LogP contribution is 2.49. The summed E-state index contributed by atoms with van der Waals surface area (Å²) in [6.07, 6.45) is 8.57. The maximum Gasteiger partial charge on any atom is 0.202 e. The van der Waals surface area contributed by atoms with Crippen molar-refractivity contribution >= 4 is 17.2 Å². The quantitative estimate of drug-likeness (QED) is 0.436.